The van der Waals surface area contributed by atoms with Gasteiger partial charge < -0.3 is 4.74 Å². The van der Waals surface area contributed by atoms with E-state index in [9.17, 15) is 18.5 Å². The monoisotopic (exact) mass is 376 g/mol. The minimum absolute atomic E-state index is 0.102. The molecule has 0 N–H and O–H groups in total. The van der Waals surface area contributed by atoms with E-state index in [-0.39, 0.29) is 22.4 Å². The Morgan fingerprint density at radius 3 is 2.50 bits per heavy atom. The van der Waals surface area contributed by atoms with E-state index in [1.54, 1.807) is 0 Å². The third-order valence-corrected chi connectivity index (χ3v) is 6.54. The molecule has 0 bridgehead atoms. The van der Waals surface area contributed by atoms with Crippen LogP contribution in [0.5, 0.6) is 5.75 Å². The fourth-order valence-electron chi connectivity index (χ4n) is 3.26. The average Bonchev–Trinajstić information content (AvgIpc) is 3.12. The standard InChI is InChI=1S/C18H20N2O5S/c1-13-5-7-14(8-6-13)16-4-3-11-19(16)26(23,24)18-12-15(20(21)22)9-10-17(18)25-2/h5-10,12,16H,3-4,11H2,1-2H3. The lowest BCUT2D eigenvalue weighted by atomic mass is 10.0. The number of non-ortho nitro benzene ring substituents is 1. The predicted molar refractivity (Wildman–Crippen MR) is 96.7 cm³/mol. The van der Waals surface area contributed by atoms with Crippen molar-refractivity contribution in [2.45, 2.75) is 30.7 Å². The summed E-state index contributed by atoms with van der Waals surface area (Å²) >= 11 is 0. The van der Waals surface area contributed by atoms with Crippen LogP contribution in [0.2, 0.25) is 0 Å². The first-order valence-corrected chi connectivity index (χ1v) is 9.69. The Morgan fingerprint density at radius 2 is 1.88 bits per heavy atom. The quantitative estimate of drug-likeness (QED) is 0.589. The highest BCUT2D eigenvalue weighted by Gasteiger charge is 2.38. The molecule has 0 radical (unpaired) electrons. The smallest absolute Gasteiger partial charge is 0.271 e. The van der Waals surface area contributed by atoms with Gasteiger partial charge in [0, 0.05) is 18.7 Å². The van der Waals surface area contributed by atoms with Crippen LogP contribution in [0.4, 0.5) is 5.69 Å². The Labute approximate surface area is 152 Å². The fraction of sp³-hybridized carbons (Fsp3) is 0.333. The first kappa shape index (κ1) is 18.3. The summed E-state index contributed by atoms with van der Waals surface area (Å²) in [6.07, 6.45) is 1.44. The van der Waals surface area contributed by atoms with Gasteiger partial charge in [0.05, 0.1) is 18.1 Å². The van der Waals surface area contributed by atoms with Crippen molar-refractivity contribution >= 4 is 15.7 Å². The summed E-state index contributed by atoms with van der Waals surface area (Å²) in [4.78, 5) is 10.3. The third kappa shape index (κ3) is 3.30. The van der Waals surface area contributed by atoms with E-state index < -0.39 is 14.9 Å². The molecule has 1 atom stereocenters. The van der Waals surface area contributed by atoms with Gasteiger partial charge in [0.25, 0.3) is 5.69 Å². The summed E-state index contributed by atoms with van der Waals surface area (Å²) in [6.45, 7) is 2.34. The van der Waals surface area contributed by atoms with E-state index in [4.69, 9.17) is 4.74 Å². The number of hydrogen-bond acceptors (Lipinski definition) is 5. The maximum absolute atomic E-state index is 13.3. The van der Waals surface area contributed by atoms with Crippen LogP contribution in [0.15, 0.2) is 47.4 Å². The summed E-state index contributed by atoms with van der Waals surface area (Å²) in [6, 6.07) is 11.1. The van der Waals surface area contributed by atoms with Crippen molar-refractivity contribution in [2.75, 3.05) is 13.7 Å². The van der Waals surface area contributed by atoms with E-state index in [1.807, 2.05) is 31.2 Å². The van der Waals surface area contributed by atoms with E-state index in [0.717, 1.165) is 23.6 Å². The number of benzene rings is 2. The number of aryl methyl sites for hydroxylation is 1. The molecule has 7 nitrogen and oxygen atoms in total. The van der Waals surface area contributed by atoms with E-state index in [0.29, 0.717) is 13.0 Å². The molecular weight excluding hydrogens is 356 g/mol. The molecule has 0 spiro atoms. The lowest BCUT2D eigenvalue weighted by molar-refractivity contribution is -0.385. The Balaban J connectivity index is 2.05. The largest absolute Gasteiger partial charge is 0.495 e. The maximum atomic E-state index is 13.3. The van der Waals surface area contributed by atoms with Gasteiger partial charge in [-0.05, 0) is 31.4 Å². The van der Waals surface area contributed by atoms with Crippen LogP contribution in [0.1, 0.15) is 30.0 Å². The van der Waals surface area contributed by atoms with Crippen LogP contribution in [0.3, 0.4) is 0 Å². The Kier molecular flexibility index (Phi) is 4.97. The van der Waals surface area contributed by atoms with E-state index in [1.165, 1.54) is 23.5 Å². The summed E-state index contributed by atoms with van der Waals surface area (Å²) in [5, 5.41) is 11.1. The average molecular weight is 376 g/mol. The molecule has 1 saturated heterocycles. The lowest BCUT2D eigenvalue weighted by Crippen LogP contribution is -2.31. The van der Waals surface area contributed by atoms with Crippen molar-refractivity contribution in [3.8, 4) is 5.75 Å². The maximum Gasteiger partial charge on any atom is 0.271 e. The van der Waals surface area contributed by atoms with Gasteiger partial charge in [-0.15, -0.1) is 0 Å². The second-order valence-electron chi connectivity index (χ2n) is 6.28. The molecule has 1 heterocycles. The van der Waals surface area contributed by atoms with Crippen molar-refractivity contribution in [1.29, 1.82) is 0 Å². The van der Waals surface area contributed by atoms with Crippen LogP contribution in [-0.2, 0) is 10.0 Å². The van der Waals surface area contributed by atoms with Crippen LogP contribution >= 0.6 is 0 Å². The molecule has 0 aromatic heterocycles. The summed E-state index contributed by atoms with van der Waals surface area (Å²) < 4.78 is 33.1. The fourth-order valence-corrected chi connectivity index (χ4v) is 5.12. The molecular formula is C18H20N2O5S. The van der Waals surface area contributed by atoms with Gasteiger partial charge in [0.2, 0.25) is 10.0 Å². The number of methoxy groups -OCH3 is 1. The number of hydrogen-bond donors (Lipinski definition) is 0. The zero-order chi connectivity index (χ0) is 18.9. The highest BCUT2D eigenvalue weighted by molar-refractivity contribution is 7.89. The number of nitro groups is 1. The van der Waals surface area contributed by atoms with Crippen LogP contribution < -0.4 is 4.74 Å². The number of nitrogens with zero attached hydrogens (tertiary/aromatic N) is 2. The molecule has 8 heteroatoms. The second-order valence-corrected chi connectivity index (χ2v) is 8.14. The second kappa shape index (κ2) is 7.05. The van der Waals surface area contributed by atoms with Gasteiger partial charge in [-0.3, -0.25) is 10.1 Å². The number of rotatable bonds is 5. The molecule has 0 aliphatic carbocycles. The SMILES string of the molecule is COc1ccc([N+](=O)[O-])cc1S(=O)(=O)N1CCCC1c1ccc(C)cc1. The van der Waals surface area contributed by atoms with Crippen LogP contribution in [0, 0.1) is 17.0 Å². The highest BCUT2D eigenvalue weighted by Crippen LogP contribution is 2.39. The first-order valence-electron chi connectivity index (χ1n) is 8.25. The minimum atomic E-state index is -3.94. The van der Waals surface area contributed by atoms with Gasteiger partial charge in [-0.2, -0.15) is 4.31 Å². The Morgan fingerprint density at radius 1 is 1.19 bits per heavy atom. The number of ether oxygens (including phenoxy) is 1. The van der Waals surface area contributed by atoms with Gasteiger partial charge in [0.15, 0.2) is 0 Å². The molecule has 1 aliphatic heterocycles. The van der Waals surface area contributed by atoms with Gasteiger partial charge in [-0.1, -0.05) is 29.8 Å². The predicted octanol–water partition coefficient (Wildman–Crippen LogP) is 3.44. The normalized spacial score (nSPS) is 18.0. The van der Waals surface area contributed by atoms with Crippen LogP contribution in [-0.4, -0.2) is 31.3 Å². The van der Waals surface area contributed by atoms with Crippen molar-refractivity contribution in [1.82, 2.24) is 4.31 Å². The number of sulfonamides is 1. The lowest BCUT2D eigenvalue weighted by Gasteiger charge is -2.25. The summed E-state index contributed by atoms with van der Waals surface area (Å²) in [7, 11) is -2.59. The van der Waals surface area contributed by atoms with Gasteiger partial charge >= 0.3 is 0 Å². The van der Waals surface area contributed by atoms with Gasteiger partial charge in [-0.25, -0.2) is 8.42 Å². The van der Waals surface area contributed by atoms with Crippen molar-refractivity contribution in [3.05, 3.63) is 63.7 Å². The molecule has 2 aromatic carbocycles. The molecule has 1 fully saturated rings. The van der Waals surface area contributed by atoms with E-state index in [2.05, 4.69) is 0 Å². The highest BCUT2D eigenvalue weighted by atomic mass is 32.2. The van der Waals surface area contributed by atoms with Crippen molar-refractivity contribution < 1.29 is 18.1 Å². The molecule has 138 valence electrons. The summed E-state index contributed by atoms with van der Waals surface area (Å²) in [5.74, 6) is 0.102. The van der Waals surface area contributed by atoms with Crippen molar-refractivity contribution in [2.24, 2.45) is 0 Å². The van der Waals surface area contributed by atoms with Crippen LogP contribution in [0.25, 0.3) is 0 Å². The zero-order valence-electron chi connectivity index (χ0n) is 14.6. The minimum Gasteiger partial charge on any atom is -0.495 e. The number of nitro benzene ring substituents is 1. The molecule has 26 heavy (non-hydrogen) atoms. The molecule has 1 unspecified atom stereocenters. The molecule has 1 aliphatic rings. The van der Waals surface area contributed by atoms with Gasteiger partial charge in [0.1, 0.15) is 10.6 Å². The zero-order valence-corrected chi connectivity index (χ0v) is 15.4. The Bertz CT molecular complexity index is 925. The molecule has 0 amide bonds. The summed E-state index contributed by atoms with van der Waals surface area (Å²) in [5.41, 5.74) is 1.73. The first-order chi connectivity index (χ1) is 12.3. The molecule has 0 saturated carbocycles. The molecule has 2 aromatic rings. The molecule has 3 rings (SSSR count). The van der Waals surface area contributed by atoms with Crippen molar-refractivity contribution in [3.63, 3.8) is 0 Å². The topological polar surface area (TPSA) is 89.7 Å². The third-order valence-electron chi connectivity index (χ3n) is 4.61. The Hall–Kier alpha value is -2.45. The van der Waals surface area contributed by atoms with E-state index >= 15 is 0 Å².